The highest BCUT2D eigenvalue weighted by molar-refractivity contribution is 4.87. The summed E-state index contributed by atoms with van der Waals surface area (Å²) < 4.78 is 0. The summed E-state index contributed by atoms with van der Waals surface area (Å²) in [5, 5.41) is 9.95. The molecule has 5 atom stereocenters. The predicted molar refractivity (Wildman–Crippen MR) is 71.9 cm³/mol. The molecule has 2 heteroatoms. The Bertz CT molecular complexity index is 243. The van der Waals surface area contributed by atoms with E-state index < -0.39 is 0 Å². The van der Waals surface area contributed by atoms with Gasteiger partial charge in [-0.3, -0.25) is 4.90 Å². The summed E-state index contributed by atoms with van der Waals surface area (Å²) in [4.78, 5) is 2.67. The van der Waals surface area contributed by atoms with E-state index in [2.05, 4.69) is 25.7 Å². The highest BCUT2D eigenvalue weighted by atomic mass is 16.3. The van der Waals surface area contributed by atoms with Crippen molar-refractivity contribution in [3.05, 3.63) is 0 Å². The molecule has 0 amide bonds. The lowest BCUT2D eigenvalue weighted by Crippen LogP contribution is -2.49. The summed E-state index contributed by atoms with van der Waals surface area (Å²) in [5.41, 5.74) is 0. The summed E-state index contributed by atoms with van der Waals surface area (Å²) >= 11 is 0. The Labute approximate surface area is 106 Å². The quantitative estimate of drug-likeness (QED) is 0.801. The first kappa shape index (κ1) is 13.4. The van der Waals surface area contributed by atoms with E-state index in [1.54, 1.807) is 0 Å². The van der Waals surface area contributed by atoms with Crippen LogP contribution >= 0.6 is 0 Å². The lowest BCUT2D eigenvalue weighted by atomic mass is 9.77. The van der Waals surface area contributed by atoms with E-state index in [1.165, 1.54) is 19.3 Å². The summed E-state index contributed by atoms with van der Waals surface area (Å²) in [5.74, 6) is 2.29. The molecule has 17 heavy (non-hydrogen) atoms. The van der Waals surface area contributed by atoms with E-state index >= 15 is 0 Å². The van der Waals surface area contributed by atoms with Crippen LogP contribution in [0.5, 0.6) is 0 Å². The van der Waals surface area contributed by atoms with Crippen molar-refractivity contribution in [1.82, 2.24) is 4.90 Å². The summed E-state index contributed by atoms with van der Waals surface area (Å²) in [7, 11) is 0. The second-order valence-corrected chi connectivity index (χ2v) is 6.44. The number of likely N-dealkylation sites (tertiary alicyclic amines) is 1. The lowest BCUT2D eigenvalue weighted by molar-refractivity contribution is -0.00675. The smallest absolute Gasteiger partial charge is 0.0592 e. The standard InChI is InChI=1S/C15H29NO/c1-4-13-10-16(8-7-15(13)17)14-6-5-11(2)12(3)9-14/h11-15,17H,4-10H2,1-3H3. The molecule has 2 nitrogen and oxygen atoms in total. The van der Waals surface area contributed by atoms with Gasteiger partial charge in [0.05, 0.1) is 6.10 Å². The largest absolute Gasteiger partial charge is 0.393 e. The lowest BCUT2D eigenvalue weighted by Gasteiger charge is -2.44. The van der Waals surface area contributed by atoms with Gasteiger partial charge in [-0.15, -0.1) is 0 Å². The molecule has 2 rings (SSSR count). The fraction of sp³-hybridized carbons (Fsp3) is 1.00. The van der Waals surface area contributed by atoms with E-state index in [0.29, 0.717) is 5.92 Å². The Kier molecular flexibility index (Phi) is 4.48. The van der Waals surface area contributed by atoms with Crippen LogP contribution in [0.15, 0.2) is 0 Å². The number of piperidine rings is 1. The van der Waals surface area contributed by atoms with Crippen molar-refractivity contribution in [3.8, 4) is 0 Å². The Morgan fingerprint density at radius 1 is 1.12 bits per heavy atom. The van der Waals surface area contributed by atoms with Crippen molar-refractivity contribution in [3.63, 3.8) is 0 Å². The maximum atomic E-state index is 9.95. The molecule has 0 radical (unpaired) electrons. The minimum absolute atomic E-state index is 0.0452. The topological polar surface area (TPSA) is 23.5 Å². The van der Waals surface area contributed by atoms with E-state index in [4.69, 9.17) is 0 Å². The average molecular weight is 239 g/mol. The Morgan fingerprint density at radius 2 is 1.88 bits per heavy atom. The van der Waals surface area contributed by atoms with Crippen molar-refractivity contribution >= 4 is 0 Å². The monoisotopic (exact) mass is 239 g/mol. The third kappa shape index (κ3) is 3.03. The second kappa shape index (κ2) is 5.71. The minimum atomic E-state index is -0.0452. The van der Waals surface area contributed by atoms with Gasteiger partial charge in [0.15, 0.2) is 0 Å². The average Bonchev–Trinajstić information content (AvgIpc) is 2.33. The van der Waals surface area contributed by atoms with Crippen LogP contribution in [0.3, 0.4) is 0 Å². The van der Waals surface area contributed by atoms with E-state index in [0.717, 1.165) is 43.8 Å². The van der Waals surface area contributed by atoms with Crippen LogP contribution in [0.2, 0.25) is 0 Å². The summed E-state index contributed by atoms with van der Waals surface area (Å²) in [6.07, 6.45) is 6.19. The molecule has 0 spiro atoms. The SMILES string of the molecule is CCC1CN(C2CCC(C)C(C)C2)CCC1O. The molecule has 5 unspecified atom stereocenters. The van der Waals surface area contributed by atoms with Crippen LogP contribution in [0, 0.1) is 17.8 Å². The van der Waals surface area contributed by atoms with Gasteiger partial charge < -0.3 is 5.11 Å². The molecule has 100 valence electrons. The number of hydrogen-bond donors (Lipinski definition) is 1. The Hall–Kier alpha value is -0.0800. The van der Waals surface area contributed by atoms with Gasteiger partial charge in [-0.05, 0) is 49.9 Å². The van der Waals surface area contributed by atoms with Gasteiger partial charge in [0, 0.05) is 19.1 Å². The molecule has 1 saturated carbocycles. The van der Waals surface area contributed by atoms with Crippen molar-refractivity contribution in [2.75, 3.05) is 13.1 Å². The van der Waals surface area contributed by atoms with Crippen molar-refractivity contribution in [1.29, 1.82) is 0 Å². The molecular weight excluding hydrogens is 210 g/mol. The number of rotatable bonds is 2. The van der Waals surface area contributed by atoms with Crippen LogP contribution in [0.4, 0.5) is 0 Å². The molecule has 1 aliphatic heterocycles. The Balaban J connectivity index is 1.90. The molecule has 1 aliphatic carbocycles. The van der Waals surface area contributed by atoms with Crippen LogP contribution in [0.1, 0.15) is 52.9 Å². The fourth-order valence-electron chi connectivity index (χ4n) is 3.63. The zero-order valence-electron chi connectivity index (χ0n) is 11.7. The molecule has 1 N–H and O–H groups in total. The first-order valence-corrected chi connectivity index (χ1v) is 7.54. The molecule has 2 aliphatic rings. The van der Waals surface area contributed by atoms with Gasteiger partial charge in [-0.2, -0.15) is 0 Å². The fourth-order valence-corrected chi connectivity index (χ4v) is 3.63. The predicted octanol–water partition coefficient (Wildman–Crippen LogP) is 2.90. The first-order chi connectivity index (χ1) is 8.11. The van der Waals surface area contributed by atoms with Crippen LogP contribution in [-0.4, -0.2) is 35.2 Å². The van der Waals surface area contributed by atoms with Crippen molar-refractivity contribution in [2.45, 2.75) is 65.0 Å². The van der Waals surface area contributed by atoms with E-state index in [1.807, 2.05) is 0 Å². The minimum Gasteiger partial charge on any atom is -0.393 e. The first-order valence-electron chi connectivity index (χ1n) is 7.54. The number of hydrogen-bond acceptors (Lipinski definition) is 2. The van der Waals surface area contributed by atoms with Crippen molar-refractivity contribution in [2.24, 2.45) is 17.8 Å². The number of nitrogens with zero attached hydrogens (tertiary/aromatic N) is 1. The van der Waals surface area contributed by atoms with E-state index in [9.17, 15) is 5.11 Å². The zero-order valence-corrected chi connectivity index (χ0v) is 11.7. The summed E-state index contributed by atoms with van der Waals surface area (Å²) in [6, 6.07) is 0.794. The van der Waals surface area contributed by atoms with Crippen LogP contribution in [-0.2, 0) is 0 Å². The maximum Gasteiger partial charge on any atom is 0.0592 e. The molecule has 1 heterocycles. The van der Waals surface area contributed by atoms with Crippen LogP contribution in [0.25, 0.3) is 0 Å². The van der Waals surface area contributed by atoms with Gasteiger partial charge in [-0.25, -0.2) is 0 Å². The molecular formula is C15H29NO. The van der Waals surface area contributed by atoms with Gasteiger partial charge in [0.2, 0.25) is 0 Å². The van der Waals surface area contributed by atoms with Crippen molar-refractivity contribution < 1.29 is 5.11 Å². The van der Waals surface area contributed by atoms with Gasteiger partial charge >= 0.3 is 0 Å². The second-order valence-electron chi connectivity index (χ2n) is 6.44. The highest BCUT2D eigenvalue weighted by Crippen LogP contribution is 2.34. The molecule has 1 saturated heterocycles. The van der Waals surface area contributed by atoms with Gasteiger partial charge in [0.25, 0.3) is 0 Å². The highest BCUT2D eigenvalue weighted by Gasteiger charge is 2.33. The molecule has 0 bridgehead atoms. The third-order valence-electron chi connectivity index (χ3n) is 5.34. The van der Waals surface area contributed by atoms with E-state index in [-0.39, 0.29) is 6.10 Å². The zero-order chi connectivity index (χ0) is 12.4. The summed E-state index contributed by atoms with van der Waals surface area (Å²) in [6.45, 7) is 9.26. The molecule has 0 aromatic heterocycles. The number of aliphatic hydroxyl groups is 1. The maximum absolute atomic E-state index is 9.95. The van der Waals surface area contributed by atoms with Crippen LogP contribution < -0.4 is 0 Å². The van der Waals surface area contributed by atoms with Gasteiger partial charge in [0.1, 0.15) is 0 Å². The molecule has 0 aromatic rings. The number of aliphatic hydroxyl groups excluding tert-OH is 1. The third-order valence-corrected chi connectivity index (χ3v) is 5.34. The molecule has 0 aromatic carbocycles. The van der Waals surface area contributed by atoms with Gasteiger partial charge in [-0.1, -0.05) is 20.8 Å². The molecule has 2 fully saturated rings. The Morgan fingerprint density at radius 3 is 2.53 bits per heavy atom. The normalized spacial score (nSPS) is 44.8.